The molecule has 0 amide bonds. The summed E-state index contributed by atoms with van der Waals surface area (Å²) in [6.45, 7) is 2.19. The fourth-order valence-corrected chi connectivity index (χ4v) is 6.72. The van der Waals surface area contributed by atoms with Gasteiger partial charge in [-0.1, -0.05) is 12.5 Å². The number of fused-ring (bicyclic) bond motifs is 2. The highest BCUT2D eigenvalue weighted by molar-refractivity contribution is 7.10. The third kappa shape index (κ3) is 4.39. The summed E-state index contributed by atoms with van der Waals surface area (Å²) >= 11 is 1.90. The van der Waals surface area contributed by atoms with Gasteiger partial charge in [-0.3, -0.25) is 9.89 Å². The van der Waals surface area contributed by atoms with Crippen LogP contribution >= 0.6 is 11.3 Å². The number of nitrogens with one attached hydrogen (secondary N) is 2. The van der Waals surface area contributed by atoms with Gasteiger partial charge in [-0.25, -0.2) is 0 Å². The number of thiophene rings is 1. The fourth-order valence-electron chi connectivity index (χ4n) is 5.73. The van der Waals surface area contributed by atoms with Gasteiger partial charge in [-0.15, -0.1) is 11.3 Å². The van der Waals surface area contributed by atoms with Crippen LogP contribution in [0.3, 0.4) is 0 Å². The van der Waals surface area contributed by atoms with Crippen molar-refractivity contribution in [2.75, 3.05) is 34.2 Å². The SMILES string of the molecule is CN=C(NCC1CCCN(C)C1c1cccs1)NC1CC2CCCC(C1)N2C. The number of nitrogens with zero attached hydrogens (tertiary/aromatic N) is 3. The topological polar surface area (TPSA) is 42.9 Å². The first kappa shape index (κ1) is 20.2. The molecule has 0 saturated carbocycles. The highest BCUT2D eigenvalue weighted by atomic mass is 32.1. The van der Waals surface area contributed by atoms with Crippen LogP contribution in [0.1, 0.15) is 55.9 Å². The normalized spacial score (nSPS) is 35.0. The first-order valence-electron chi connectivity index (χ1n) is 11.1. The Hall–Kier alpha value is -1.11. The summed E-state index contributed by atoms with van der Waals surface area (Å²) in [6.07, 6.45) is 9.18. The number of rotatable bonds is 4. The van der Waals surface area contributed by atoms with Crippen molar-refractivity contribution >= 4 is 17.3 Å². The lowest BCUT2D eigenvalue weighted by molar-refractivity contribution is 0.0526. The monoisotopic (exact) mass is 403 g/mol. The van der Waals surface area contributed by atoms with E-state index in [2.05, 4.69) is 57.0 Å². The second-order valence-electron chi connectivity index (χ2n) is 9.01. The third-order valence-electron chi connectivity index (χ3n) is 7.28. The maximum Gasteiger partial charge on any atom is 0.191 e. The lowest BCUT2D eigenvalue weighted by Gasteiger charge is -2.47. The molecule has 4 heterocycles. The second kappa shape index (κ2) is 9.14. The van der Waals surface area contributed by atoms with E-state index in [1.807, 2.05) is 18.4 Å². The molecule has 5 nitrogen and oxygen atoms in total. The number of piperidine rings is 3. The van der Waals surface area contributed by atoms with E-state index in [1.165, 1.54) is 56.4 Å². The molecule has 156 valence electrons. The molecule has 0 radical (unpaired) electrons. The summed E-state index contributed by atoms with van der Waals surface area (Å²) in [5, 5.41) is 9.64. The van der Waals surface area contributed by atoms with Crippen LogP contribution < -0.4 is 10.6 Å². The summed E-state index contributed by atoms with van der Waals surface area (Å²) in [7, 11) is 6.51. The second-order valence-corrected chi connectivity index (χ2v) is 9.99. The molecule has 1 aromatic rings. The molecule has 3 saturated heterocycles. The number of hydrogen-bond donors (Lipinski definition) is 2. The predicted octanol–water partition coefficient (Wildman–Crippen LogP) is 3.31. The van der Waals surface area contributed by atoms with Gasteiger partial charge in [0.2, 0.25) is 0 Å². The minimum Gasteiger partial charge on any atom is -0.356 e. The Morgan fingerprint density at radius 2 is 1.96 bits per heavy atom. The van der Waals surface area contributed by atoms with Crippen molar-refractivity contribution in [2.45, 2.75) is 69.1 Å². The smallest absolute Gasteiger partial charge is 0.191 e. The van der Waals surface area contributed by atoms with Crippen LogP contribution in [0.5, 0.6) is 0 Å². The lowest BCUT2D eigenvalue weighted by atomic mass is 9.82. The van der Waals surface area contributed by atoms with E-state index in [0.29, 0.717) is 18.0 Å². The van der Waals surface area contributed by atoms with Gasteiger partial charge in [0.1, 0.15) is 0 Å². The summed E-state index contributed by atoms with van der Waals surface area (Å²) in [5.41, 5.74) is 0. The Balaban J connectivity index is 1.34. The molecule has 3 aliphatic rings. The van der Waals surface area contributed by atoms with Gasteiger partial charge >= 0.3 is 0 Å². The zero-order valence-corrected chi connectivity index (χ0v) is 18.5. The first-order valence-corrected chi connectivity index (χ1v) is 12.0. The average molecular weight is 404 g/mol. The molecule has 3 aliphatic heterocycles. The number of aliphatic imine (C=N–C) groups is 1. The highest BCUT2D eigenvalue weighted by Gasteiger charge is 2.36. The number of hydrogen-bond acceptors (Lipinski definition) is 4. The quantitative estimate of drug-likeness (QED) is 0.598. The molecule has 28 heavy (non-hydrogen) atoms. The van der Waals surface area contributed by atoms with E-state index in [9.17, 15) is 0 Å². The number of guanidine groups is 1. The maximum atomic E-state index is 4.56. The average Bonchev–Trinajstić information content (AvgIpc) is 3.20. The van der Waals surface area contributed by atoms with Crippen LogP contribution in [0.25, 0.3) is 0 Å². The van der Waals surface area contributed by atoms with Crippen molar-refractivity contribution in [1.82, 2.24) is 20.4 Å². The highest BCUT2D eigenvalue weighted by Crippen LogP contribution is 2.37. The van der Waals surface area contributed by atoms with E-state index < -0.39 is 0 Å². The van der Waals surface area contributed by atoms with Crippen LogP contribution in [0.4, 0.5) is 0 Å². The van der Waals surface area contributed by atoms with E-state index in [0.717, 1.165) is 24.6 Å². The van der Waals surface area contributed by atoms with Crippen molar-refractivity contribution in [2.24, 2.45) is 10.9 Å². The van der Waals surface area contributed by atoms with Crippen LogP contribution in [0, 0.1) is 5.92 Å². The van der Waals surface area contributed by atoms with Gasteiger partial charge in [0.15, 0.2) is 5.96 Å². The van der Waals surface area contributed by atoms with Crippen LogP contribution in [-0.4, -0.2) is 68.1 Å². The standard InChI is InChI=1S/C22H37N5S/c1-23-22(25-17-13-18-8-4-9-19(14-17)27(18)3)24-15-16-7-5-11-26(2)21(16)20-10-6-12-28-20/h6,10,12,16-19,21H,4-5,7-9,11,13-15H2,1-3H3,(H2,23,24,25). The van der Waals surface area contributed by atoms with E-state index in [-0.39, 0.29) is 0 Å². The van der Waals surface area contributed by atoms with Gasteiger partial charge in [-0.2, -0.15) is 0 Å². The molecular weight excluding hydrogens is 366 g/mol. The summed E-state index contributed by atoms with van der Waals surface area (Å²) in [4.78, 5) is 11.2. The molecule has 3 fully saturated rings. The summed E-state index contributed by atoms with van der Waals surface area (Å²) < 4.78 is 0. The molecule has 4 rings (SSSR count). The van der Waals surface area contributed by atoms with Gasteiger partial charge in [0.25, 0.3) is 0 Å². The van der Waals surface area contributed by atoms with Gasteiger partial charge < -0.3 is 15.5 Å². The zero-order valence-electron chi connectivity index (χ0n) is 17.7. The molecule has 0 aromatic carbocycles. The molecule has 2 N–H and O–H groups in total. The minimum absolute atomic E-state index is 0.530. The van der Waals surface area contributed by atoms with Crippen molar-refractivity contribution in [1.29, 1.82) is 0 Å². The number of likely N-dealkylation sites (tertiary alicyclic amines) is 1. The zero-order chi connectivity index (χ0) is 19.5. The predicted molar refractivity (Wildman–Crippen MR) is 119 cm³/mol. The molecule has 0 aliphatic carbocycles. The molecule has 4 atom stereocenters. The first-order chi connectivity index (χ1) is 13.7. The van der Waals surface area contributed by atoms with Crippen LogP contribution in [0.2, 0.25) is 0 Å². The maximum absolute atomic E-state index is 4.56. The molecule has 0 spiro atoms. The van der Waals surface area contributed by atoms with Crippen molar-refractivity contribution in [3.63, 3.8) is 0 Å². The molecule has 4 unspecified atom stereocenters. The Morgan fingerprint density at radius 3 is 2.64 bits per heavy atom. The third-order valence-corrected chi connectivity index (χ3v) is 8.22. The van der Waals surface area contributed by atoms with Gasteiger partial charge in [0.05, 0.1) is 0 Å². The van der Waals surface area contributed by atoms with Crippen molar-refractivity contribution in [3.05, 3.63) is 22.4 Å². The minimum atomic E-state index is 0.530. The Labute approximate surface area is 174 Å². The Morgan fingerprint density at radius 1 is 1.18 bits per heavy atom. The molecule has 2 bridgehead atoms. The van der Waals surface area contributed by atoms with Gasteiger partial charge in [0, 0.05) is 42.6 Å². The van der Waals surface area contributed by atoms with E-state index in [4.69, 9.17) is 0 Å². The largest absolute Gasteiger partial charge is 0.356 e. The summed E-state index contributed by atoms with van der Waals surface area (Å²) in [6, 6.07) is 7.07. The molecular formula is C22H37N5S. The Bertz CT molecular complexity index is 631. The van der Waals surface area contributed by atoms with E-state index in [1.54, 1.807) is 0 Å². The molecule has 1 aromatic heterocycles. The van der Waals surface area contributed by atoms with Crippen molar-refractivity contribution in [3.8, 4) is 0 Å². The fraction of sp³-hybridized carbons (Fsp3) is 0.773. The van der Waals surface area contributed by atoms with Crippen molar-refractivity contribution < 1.29 is 0 Å². The van der Waals surface area contributed by atoms with Gasteiger partial charge in [-0.05, 0) is 76.5 Å². The summed E-state index contributed by atoms with van der Waals surface area (Å²) in [5.74, 6) is 1.62. The lowest BCUT2D eigenvalue weighted by Crippen LogP contribution is -2.57. The van der Waals surface area contributed by atoms with E-state index >= 15 is 0 Å². The molecule has 6 heteroatoms. The van der Waals surface area contributed by atoms with Crippen LogP contribution in [-0.2, 0) is 0 Å². The Kier molecular flexibility index (Phi) is 6.59. The van der Waals surface area contributed by atoms with Crippen LogP contribution in [0.15, 0.2) is 22.5 Å².